The largest absolute Gasteiger partial charge is 0.479 e. The number of carbonyl (C=O) groups excluding carboxylic acids is 1. The van der Waals surface area contributed by atoms with Crippen LogP contribution in [0, 0.1) is 0 Å². The van der Waals surface area contributed by atoms with Gasteiger partial charge in [-0.1, -0.05) is 6.92 Å². The Kier molecular flexibility index (Phi) is 2.85. The Bertz CT molecular complexity index is 244. The molecule has 1 aliphatic heterocycles. The lowest BCUT2D eigenvalue weighted by molar-refractivity contribution is -0.147. The lowest BCUT2D eigenvalue weighted by Gasteiger charge is -2.28. The summed E-state index contributed by atoms with van der Waals surface area (Å²) in [5.41, 5.74) is -1.05. The highest BCUT2D eigenvalue weighted by molar-refractivity contribution is 8.00. The first-order valence-electron chi connectivity index (χ1n) is 4.13. The molecule has 5 heteroatoms. The van der Waals surface area contributed by atoms with Crippen LogP contribution < -0.4 is 5.32 Å². The van der Waals surface area contributed by atoms with E-state index in [-0.39, 0.29) is 11.2 Å². The van der Waals surface area contributed by atoms with Gasteiger partial charge in [0.1, 0.15) is 5.54 Å². The third kappa shape index (κ3) is 1.80. The van der Waals surface area contributed by atoms with Crippen molar-refractivity contribution in [1.29, 1.82) is 0 Å². The van der Waals surface area contributed by atoms with E-state index in [1.165, 1.54) is 6.92 Å². The van der Waals surface area contributed by atoms with Crippen LogP contribution in [-0.4, -0.2) is 33.5 Å². The molecular weight excluding hydrogens is 190 g/mol. The summed E-state index contributed by atoms with van der Waals surface area (Å²) in [4.78, 5) is 21.9. The van der Waals surface area contributed by atoms with Crippen LogP contribution in [0.3, 0.4) is 0 Å². The first-order valence-corrected chi connectivity index (χ1v) is 5.17. The van der Waals surface area contributed by atoms with Gasteiger partial charge in [-0.05, 0) is 12.2 Å². The molecule has 1 aliphatic rings. The van der Waals surface area contributed by atoms with Crippen LogP contribution in [0.25, 0.3) is 0 Å². The van der Waals surface area contributed by atoms with Gasteiger partial charge in [-0.2, -0.15) is 11.8 Å². The van der Waals surface area contributed by atoms with Crippen LogP contribution in [0.2, 0.25) is 0 Å². The Morgan fingerprint density at radius 1 is 1.62 bits per heavy atom. The van der Waals surface area contributed by atoms with E-state index in [1.54, 1.807) is 11.8 Å². The molecule has 0 aromatic carbocycles. The molecule has 1 amide bonds. The van der Waals surface area contributed by atoms with Crippen LogP contribution in [0.15, 0.2) is 0 Å². The molecule has 0 radical (unpaired) electrons. The van der Waals surface area contributed by atoms with E-state index in [0.29, 0.717) is 6.42 Å². The smallest absolute Gasteiger partial charge is 0.330 e. The van der Waals surface area contributed by atoms with Crippen molar-refractivity contribution in [2.45, 2.75) is 31.1 Å². The number of aliphatic carboxylic acids is 1. The summed E-state index contributed by atoms with van der Waals surface area (Å²) >= 11 is 1.58. The van der Waals surface area contributed by atoms with Gasteiger partial charge >= 0.3 is 5.97 Å². The van der Waals surface area contributed by atoms with E-state index in [0.717, 1.165) is 5.75 Å². The molecule has 74 valence electrons. The summed E-state index contributed by atoms with van der Waals surface area (Å²) in [7, 11) is 0. The molecule has 4 nitrogen and oxygen atoms in total. The monoisotopic (exact) mass is 203 g/mol. The molecule has 0 aromatic heterocycles. The molecule has 1 saturated heterocycles. The summed E-state index contributed by atoms with van der Waals surface area (Å²) in [6, 6.07) is 0. The van der Waals surface area contributed by atoms with Crippen LogP contribution in [0.1, 0.15) is 20.3 Å². The number of carboxylic acids is 1. The fourth-order valence-electron chi connectivity index (χ4n) is 1.55. The van der Waals surface area contributed by atoms with Crippen molar-refractivity contribution in [3.05, 3.63) is 0 Å². The van der Waals surface area contributed by atoms with E-state index in [9.17, 15) is 9.59 Å². The van der Waals surface area contributed by atoms with Gasteiger partial charge in [-0.15, -0.1) is 0 Å². The van der Waals surface area contributed by atoms with Gasteiger partial charge in [0.2, 0.25) is 5.91 Å². The van der Waals surface area contributed by atoms with E-state index < -0.39 is 11.5 Å². The molecule has 0 aliphatic carbocycles. The fourth-order valence-corrected chi connectivity index (χ4v) is 2.91. The number of carboxylic acid groups (broad SMARTS) is 1. The number of hydrogen-bond donors (Lipinski definition) is 2. The number of carbonyl (C=O) groups is 2. The predicted octanol–water partition coefficient (Wildman–Crippen LogP) is 0.471. The Labute approximate surface area is 81.1 Å². The van der Waals surface area contributed by atoms with Gasteiger partial charge in [0.05, 0.1) is 0 Å². The lowest BCUT2D eigenvalue weighted by Crippen LogP contribution is -2.57. The minimum Gasteiger partial charge on any atom is -0.479 e. The molecule has 0 aromatic rings. The van der Waals surface area contributed by atoms with Gasteiger partial charge < -0.3 is 10.4 Å². The molecular formula is C8H13NO3S. The van der Waals surface area contributed by atoms with E-state index in [1.807, 2.05) is 6.92 Å². The zero-order valence-corrected chi connectivity index (χ0v) is 8.48. The van der Waals surface area contributed by atoms with Gasteiger partial charge in [0.15, 0.2) is 0 Å². The van der Waals surface area contributed by atoms with E-state index in [4.69, 9.17) is 5.11 Å². The third-order valence-electron chi connectivity index (χ3n) is 2.34. The second kappa shape index (κ2) is 3.57. The maximum Gasteiger partial charge on any atom is 0.330 e. The van der Waals surface area contributed by atoms with Crippen LogP contribution in [-0.2, 0) is 9.59 Å². The van der Waals surface area contributed by atoms with Gasteiger partial charge in [-0.3, -0.25) is 4.79 Å². The Morgan fingerprint density at radius 3 is 2.54 bits per heavy atom. The molecule has 0 spiro atoms. The topological polar surface area (TPSA) is 66.4 Å². The van der Waals surface area contributed by atoms with Crippen molar-refractivity contribution in [2.24, 2.45) is 0 Å². The highest BCUT2D eigenvalue weighted by Gasteiger charge is 2.48. The van der Waals surface area contributed by atoms with Gasteiger partial charge in [0, 0.05) is 12.2 Å². The van der Waals surface area contributed by atoms with Crippen LogP contribution in [0.4, 0.5) is 0 Å². The summed E-state index contributed by atoms with van der Waals surface area (Å²) in [6.45, 7) is 3.18. The quantitative estimate of drug-likeness (QED) is 0.684. The summed E-state index contributed by atoms with van der Waals surface area (Å²) in [5, 5.41) is 11.5. The second-order valence-electron chi connectivity index (χ2n) is 3.22. The number of rotatable bonds is 2. The number of amides is 1. The average molecular weight is 203 g/mol. The zero-order valence-electron chi connectivity index (χ0n) is 7.66. The Morgan fingerprint density at radius 2 is 2.23 bits per heavy atom. The van der Waals surface area contributed by atoms with E-state index >= 15 is 0 Å². The van der Waals surface area contributed by atoms with Crippen molar-refractivity contribution in [2.75, 3.05) is 5.75 Å². The molecule has 0 saturated carbocycles. The zero-order chi connectivity index (χ0) is 10.1. The maximum absolute atomic E-state index is 11.0. The van der Waals surface area contributed by atoms with Gasteiger partial charge in [-0.25, -0.2) is 4.79 Å². The normalized spacial score (nSPS) is 32.9. The molecule has 1 rings (SSSR count). The maximum atomic E-state index is 11.0. The molecule has 13 heavy (non-hydrogen) atoms. The average Bonchev–Trinajstić information content (AvgIpc) is 2.32. The van der Waals surface area contributed by atoms with Crippen molar-refractivity contribution < 1.29 is 14.7 Å². The Hall–Kier alpha value is -0.710. The van der Waals surface area contributed by atoms with E-state index in [2.05, 4.69) is 5.32 Å². The van der Waals surface area contributed by atoms with Crippen LogP contribution >= 0.6 is 11.8 Å². The molecule has 2 unspecified atom stereocenters. The van der Waals surface area contributed by atoms with Gasteiger partial charge in [0.25, 0.3) is 0 Å². The van der Waals surface area contributed by atoms with Crippen molar-refractivity contribution >= 4 is 23.6 Å². The summed E-state index contributed by atoms with van der Waals surface area (Å²) in [6.07, 6.45) is 0.508. The van der Waals surface area contributed by atoms with Crippen molar-refractivity contribution in [3.8, 4) is 0 Å². The molecule has 1 heterocycles. The fraction of sp³-hybridized carbons (Fsp3) is 0.750. The number of hydrogen-bond acceptors (Lipinski definition) is 3. The SMILES string of the molecule is CC(=O)NC1(C(=O)O)CCSC1C. The predicted molar refractivity (Wildman–Crippen MR) is 50.7 cm³/mol. The van der Waals surface area contributed by atoms with Crippen molar-refractivity contribution in [3.63, 3.8) is 0 Å². The molecule has 2 N–H and O–H groups in total. The molecule has 1 fully saturated rings. The third-order valence-corrected chi connectivity index (χ3v) is 3.68. The second-order valence-corrected chi connectivity index (χ2v) is 4.67. The Balaban J connectivity index is 2.87. The van der Waals surface area contributed by atoms with Crippen molar-refractivity contribution in [1.82, 2.24) is 5.32 Å². The van der Waals surface area contributed by atoms with Crippen LogP contribution in [0.5, 0.6) is 0 Å². The summed E-state index contributed by atoms with van der Waals surface area (Å²) in [5.74, 6) is -0.426. The number of nitrogens with one attached hydrogen (secondary N) is 1. The first-order chi connectivity index (χ1) is 5.99. The minimum absolute atomic E-state index is 0.0612. The lowest BCUT2D eigenvalue weighted by atomic mass is 9.93. The number of thioether (sulfide) groups is 1. The minimum atomic E-state index is -1.05. The first kappa shape index (κ1) is 10.4. The highest BCUT2D eigenvalue weighted by Crippen LogP contribution is 2.35. The standard InChI is InChI=1S/C8H13NO3S/c1-5-8(7(11)12,3-4-13-5)9-6(2)10/h5H,3-4H2,1-2H3,(H,9,10)(H,11,12). The highest BCUT2D eigenvalue weighted by atomic mass is 32.2. The molecule has 0 bridgehead atoms. The summed E-state index contributed by atoms with van der Waals surface area (Å²) < 4.78 is 0. The molecule has 2 atom stereocenters.